The first-order chi connectivity index (χ1) is 11.7. The SMILES string of the molecule is Cc1cc2c(=NO)cc(-c3cc4ccccc4cn3)oc2cc1Br. The molecule has 4 aromatic rings. The van der Waals surface area contributed by atoms with Crippen molar-refractivity contribution in [1.29, 1.82) is 0 Å². The molecule has 0 radical (unpaired) electrons. The van der Waals surface area contributed by atoms with Crippen molar-refractivity contribution in [1.82, 2.24) is 4.98 Å². The molecular weight excluding hydrogens is 368 g/mol. The number of benzene rings is 2. The van der Waals surface area contributed by atoms with Gasteiger partial charge in [-0.3, -0.25) is 4.98 Å². The normalized spacial score (nSPS) is 12.2. The van der Waals surface area contributed by atoms with Gasteiger partial charge in [-0.1, -0.05) is 45.4 Å². The number of hydrogen-bond donors (Lipinski definition) is 1. The Bertz CT molecular complexity index is 1150. The highest BCUT2D eigenvalue weighted by Crippen LogP contribution is 2.27. The van der Waals surface area contributed by atoms with Crippen molar-refractivity contribution in [3.8, 4) is 11.5 Å². The number of aryl methyl sites for hydroxylation is 1. The van der Waals surface area contributed by atoms with E-state index < -0.39 is 0 Å². The summed E-state index contributed by atoms with van der Waals surface area (Å²) < 4.78 is 6.95. The van der Waals surface area contributed by atoms with Crippen molar-refractivity contribution in [2.75, 3.05) is 0 Å². The van der Waals surface area contributed by atoms with E-state index in [0.29, 0.717) is 22.4 Å². The number of aromatic nitrogens is 1. The molecule has 4 nitrogen and oxygen atoms in total. The third-order valence-electron chi connectivity index (χ3n) is 4.02. The second-order valence-electron chi connectivity index (χ2n) is 5.61. The van der Waals surface area contributed by atoms with Crippen LogP contribution in [-0.4, -0.2) is 10.2 Å². The number of rotatable bonds is 1. The molecule has 1 N–H and O–H groups in total. The average Bonchev–Trinajstić information content (AvgIpc) is 2.61. The Morgan fingerprint density at radius 1 is 1.08 bits per heavy atom. The van der Waals surface area contributed by atoms with Gasteiger partial charge in [-0.05, 0) is 36.1 Å². The van der Waals surface area contributed by atoms with Gasteiger partial charge in [-0.2, -0.15) is 0 Å². The minimum atomic E-state index is 0.455. The number of hydrogen-bond acceptors (Lipinski definition) is 4. The van der Waals surface area contributed by atoms with Gasteiger partial charge in [0.15, 0.2) is 5.76 Å². The van der Waals surface area contributed by atoms with Crippen LogP contribution in [0.25, 0.3) is 33.2 Å². The maximum Gasteiger partial charge on any atom is 0.155 e. The summed E-state index contributed by atoms with van der Waals surface area (Å²) in [5.74, 6) is 0.553. The van der Waals surface area contributed by atoms with E-state index in [2.05, 4.69) is 26.1 Å². The topological polar surface area (TPSA) is 58.6 Å². The minimum Gasteiger partial charge on any atom is -0.454 e. The van der Waals surface area contributed by atoms with E-state index >= 15 is 0 Å². The molecule has 2 aromatic heterocycles. The molecular formula is C19H13BrN2O2. The van der Waals surface area contributed by atoms with Gasteiger partial charge in [0.2, 0.25) is 0 Å². The molecule has 0 aliphatic rings. The molecule has 2 heterocycles. The summed E-state index contributed by atoms with van der Waals surface area (Å²) in [6.07, 6.45) is 1.81. The smallest absolute Gasteiger partial charge is 0.155 e. The van der Waals surface area contributed by atoms with Crippen molar-refractivity contribution in [2.45, 2.75) is 6.92 Å². The maximum atomic E-state index is 9.39. The largest absolute Gasteiger partial charge is 0.454 e. The van der Waals surface area contributed by atoms with Crippen LogP contribution in [0, 0.1) is 6.92 Å². The van der Waals surface area contributed by atoms with E-state index in [1.807, 2.05) is 55.6 Å². The Hall–Kier alpha value is -2.66. The van der Waals surface area contributed by atoms with E-state index in [1.54, 1.807) is 6.07 Å². The van der Waals surface area contributed by atoms with Crippen LogP contribution >= 0.6 is 15.9 Å². The van der Waals surface area contributed by atoms with Crippen LogP contribution in [0.2, 0.25) is 0 Å². The fourth-order valence-electron chi connectivity index (χ4n) is 2.72. The third kappa shape index (κ3) is 2.47. The zero-order valence-electron chi connectivity index (χ0n) is 12.8. The van der Waals surface area contributed by atoms with E-state index in [-0.39, 0.29) is 0 Å². The lowest BCUT2D eigenvalue weighted by Gasteiger charge is -2.07. The number of nitrogens with zero attached hydrogens (tertiary/aromatic N) is 2. The summed E-state index contributed by atoms with van der Waals surface area (Å²) in [7, 11) is 0. The fraction of sp³-hybridized carbons (Fsp3) is 0.0526. The Labute approximate surface area is 146 Å². The Kier molecular flexibility index (Phi) is 3.58. The summed E-state index contributed by atoms with van der Waals surface area (Å²) >= 11 is 3.51. The first kappa shape index (κ1) is 14.9. The van der Waals surface area contributed by atoms with Gasteiger partial charge in [-0.25, -0.2) is 0 Å². The molecule has 0 saturated heterocycles. The van der Waals surface area contributed by atoms with Gasteiger partial charge in [-0.15, -0.1) is 0 Å². The molecule has 0 bridgehead atoms. The number of fused-ring (bicyclic) bond motifs is 2. The second-order valence-corrected chi connectivity index (χ2v) is 6.46. The number of halogens is 1. The predicted molar refractivity (Wildman–Crippen MR) is 96.7 cm³/mol. The van der Waals surface area contributed by atoms with E-state index in [1.165, 1.54) is 0 Å². The summed E-state index contributed by atoms with van der Waals surface area (Å²) in [6.45, 7) is 1.98. The van der Waals surface area contributed by atoms with Gasteiger partial charge < -0.3 is 9.62 Å². The monoisotopic (exact) mass is 380 g/mol. The van der Waals surface area contributed by atoms with E-state index in [0.717, 1.165) is 26.2 Å². The molecule has 0 amide bonds. The molecule has 4 rings (SSSR count). The van der Waals surface area contributed by atoms with E-state index in [4.69, 9.17) is 4.42 Å². The zero-order chi connectivity index (χ0) is 16.7. The Morgan fingerprint density at radius 2 is 1.88 bits per heavy atom. The molecule has 0 saturated carbocycles. The molecule has 24 heavy (non-hydrogen) atoms. The van der Waals surface area contributed by atoms with Gasteiger partial charge in [0.25, 0.3) is 0 Å². The highest BCUT2D eigenvalue weighted by atomic mass is 79.9. The summed E-state index contributed by atoms with van der Waals surface area (Å²) in [5, 5.41) is 16.1. The first-order valence-corrected chi connectivity index (χ1v) is 8.22. The van der Waals surface area contributed by atoms with Crippen LogP contribution in [0.3, 0.4) is 0 Å². The lowest BCUT2D eigenvalue weighted by molar-refractivity contribution is 0.302. The molecule has 5 heteroatoms. The van der Waals surface area contributed by atoms with Crippen LogP contribution < -0.4 is 5.36 Å². The standard InChI is InChI=1S/C19H13BrN2O2/c1-11-6-14-16(22-23)9-19(24-18(14)8-15(11)20)17-7-12-4-2-3-5-13(12)10-21-17/h2-10,23H,1H3. The van der Waals surface area contributed by atoms with Crippen LogP contribution in [0.15, 0.2) is 68.8 Å². The van der Waals surface area contributed by atoms with E-state index in [9.17, 15) is 5.21 Å². The van der Waals surface area contributed by atoms with Gasteiger partial charge in [0, 0.05) is 27.5 Å². The lowest BCUT2D eigenvalue weighted by Crippen LogP contribution is -2.04. The maximum absolute atomic E-state index is 9.39. The highest BCUT2D eigenvalue weighted by molar-refractivity contribution is 9.10. The van der Waals surface area contributed by atoms with Crippen LogP contribution in [-0.2, 0) is 0 Å². The Morgan fingerprint density at radius 3 is 2.67 bits per heavy atom. The highest BCUT2D eigenvalue weighted by Gasteiger charge is 2.10. The molecule has 0 aliphatic carbocycles. The van der Waals surface area contributed by atoms with Crippen LogP contribution in [0.4, 0.5) is 0 Å². The summed E-state index contributed by atoms with van der Waals surface area (Å²) in [5.41, 5.74) is 2.36. The fourth-order valence-corrected chi connectivity index (χ4v) is 3.05. The van der Waals surface area contributed by atoms with Crippen LogP contribution in [0.1, 0.15) is 5.56 Å². The van der Waals surface area contributed by atoms with Crippen molar-refractivity contribution >= 4 is 37.7 Å². The molecule has 0 fully saturated rings. The zero-order valence-corrected chi connectivity index (χ0v) is 14.4. The number of pyridine rings is 1. The summed E-state index contributed by atoms with van der Waals surface area (Å²) in [4.78, 5) is 4.47. The summed E-state index contributed by atoms with van der Waals surface area (Å²) in [6, 6.07) is 15.5. The molecule has 2 aromatic carbocycles. The van der Waals surface area contributed by atoms with Gasteiger partial charge in [0.1, 0.15) is 16.6 Å². The lowest BCUT2D eigenvalue weighted by atomic mass is 10.1. The molecule has 0 atom stereocenters. The molecule has 118 valence electrons. The van der Waals surface area contributed by atoms with Crippen molar-refractivity contribution < 1.29 is 9.62 Å². The van der Waals surface area contributed by atoms with Gasteiger partial charge >= 0.3 is 0 Å². The second kappa shape index (κ2) is 5.76. The van der Waals surface area contributed by atoms with Crippen molar-refractivity contribution in [3.63, 3.8) is 0 Å². The quantitative estimate of drug-likeness (QED) is 0.373. The van der Waals surface area contributed by atoms with Gasteiger partial charge in [0.05, 0.1) is 0 Å². The molecule has 0 aliphatic heterocycles. The minimum absolute atomic E-state index is 0.455. The molecule has 0 spiro atoms. The first-order valence-electron chi connectivity index (χ1n) is 7.43. The Balaban J connectivity index is 2.00. The predicted octanol–water partition coefficient (Wildman–Crippen LogP) is 5.01. The third-order valence-corrected chi connectivity index (χ3v) is 4.87. The average molecular weight is 381 g/mol. The van der Waals surface area contributed by atoms with Crippen LogP contribution in [0.5, 0.6) is 0 Å². The van der Waals surface area contributed by atoms with Crippen molar-refractivity contribution in [2.24, 2.45) is 5.16 Å². The van der Waals surface area contributed by atoms with Crippen molar-refractivity contribution in [3.05, 3.63) is 70.1 Å². The molecule has 0 unspecified atom stereocenters.